The molecule has 2 heteroatoms. The van der Waals surface area contributed by atoms with Gasteiger partial charge in [0.15, 0.2) is 0 Å². The van der Waals surface area contributed by atoms with Crippen LogP contribution in [-0.2, 0) is 9.59 Å². The van der Waals surface area contributed by atoms with Crippen molar-refractivity contribution in [3.05, 3.63) is 23.3 Å². The van der Waals surface area contributed by atoms with Crippen molar-refractivity contribution in [3.63, 3.8) is 0 Å². The monoisotopic (exact) mass is 164 g/mol. The van der Waals surface area contributed by atoms with E-state index >= 15 is 0 Å². The molecule has 0 aromatic heterocycles. The topological polar surface area (TPSA) is 34.1 Å². The Bertz CT molecular complexity index is 293. The highest BCUT2D eigenvalue weighted by Gasteiger charge is 2.19. The number of Topliss-reactive ketones (excluding diaryl/α,β-unsaturated/α-hetero) is 1. The van der Waals surface area contributed by atoms with E-state index in [4.69, 9.17) is 0 Å². The third kappa shape index (κ3) is 1.52. The molecule has 0 atom stereocenters. The lowest BCUT2D eigenvalue weighted by molar-refractivity contribution is -0.131. The first-order valence-electron chi connectivity index (χ1n) is 4.01. The van der Waals surface area contributed by atoms with Gasteiger partial charge in [-0.15, -0.1) is 0 Å². The lowest BCUT2D eigenvalue weighted by Gasteiger charge is -2.11. The highest BCUT2D eigenvalue weighted by Crippen LogP contribution is 2.18. The number of hydrogen-bond acceptors (Lipinski definition) is 2. The molecule has 1 aliphatic carbocycles. The van der Waals surface area contributed by atoms with Crippen molar-refractivity contribution in [1.29, 1.82) is 0 Å². The zero-order valence-corrected chi connectivity index (χ0v) is 7.55. The minimum atomic E-state index is -0.390. The Labute approximate surface area is 72.0 Å². The van der Waals surface area contributed by atoms with Gasteiger partial charge in [0.05, 0.1) is 0 Å². The van der Waals surface area contributed by atoms with Crippen molar-refractivity contribution >= 4 is 11.6 Å². The molecule has 0 aromatic rings. The van der Waals surface area contributed by atoms with Crippen LogP contribution in [0.5, 0.6) is 0 Å². The molecule has 64 valence electrons. The Morgan fingerprint density at radius 3 is 2.17 bits per heavy atom. The fourth-order valence-electron chi connectivity index (χ4n) is 1.10. The summed E-state index contributed by atoms with van der Waals surface area (Å²) in [4.78, 5) is 22.1. The second kappa shape index (κ2) is 3.05. The molecule has 0 aromatic carbocycles. The summed E-state index contributed by atoms with van der Waals surface area (Å²) in [5, 5.41) is 0. The van der Waals surface area contributed by atoms with Crippen LogP contribution < -0.4 is 0 Å². The standard InChI is InChI=1S/C10H12O2/c1-6(2)8-4-7(3)10(12)9(11)5-8/h4-6H,1-3H3. The highest BCUT2D eigenvalue weighted by atomic mass is 16.2. The average molecular weight is 164 g/mol. The van der Waals surface area contributed by atoms with Gasteiger partial charge >= 0.3 is 0 Å². The summed E-state index contributed by atoms with van der Waals surface area (Å²) in [5.41, 5.74) is 1.49. The van der Waals surface area contributed by atoms with Gasteiger partial charge in [-0.3, -0.25) is 9.59 Å². The van der Waals surface area contributed by atoms with Crippen molar-refractivity contribution in [1.82, 2.24) is 0 Å². The Hall–Kier alpha value is -1.18. The van der Waals surface area contributed by atoms with E-state index in [0.29, 0.717) is 11.5 Å². The SMILES string of the molecule is CC1=CC(C(C)C)=CC(=O)C1=O. The lowest BCUT2D eigenvalue weighted by atomic mass is 9.92. The summed E-state index contributed by atoms with van der Waals surface area (Å²) >= 11 is 0. The summed E-state index contributed by atoms with van der Waals surface area (Å²) in [7, 11) is 0. The smallest absolute Gasteiger partial charge is 0.228 e. The molecule has 0 fully saturated rings. The fourth-order valence-corrected chi connectivity index (χ4v) is 1.10. The van der Waals surface area contributed by atoms with E-state index < -0.39 is 5.78 Å². The first-order valence-corrected chi connectivity index (χ1v) is 4.01. The Balaban J connectivity index is 3.03. The summed E-state index contributed by atoms with van der Waals surface area (Å²) in [6.45, 7) is 5.67. The van der Waals surface area contributed by atoms with Crippen LogP contribution in [0.2, 0.25) is 0 Å². The van der Waals surface area contributed by atoms with Gasteiger partial charge in [-0.05, 0) is 24.5 Å². The Morgan fingerprint density at radius 2 is 1.75 bits per heavy atom. The molecule has 0 radical (unpaired) electrons. The highest BCUT2D eigenvalue weighted by molar-refractivity contribution is 6.48. The van der Waals surface area contributed by atoms with E-state index in [1.807, 2.05) is 13.8 Å². The molecular formula is C10H12O2. The quantitative estimate of drug-likeness (QED) is 0.436. The number of carbonyl (C=O) groups excluding carboxylic acids is 2. The van der Waals surface area contributed by atoms with Gasteiger partial charge < -0.3 is 0 Å². The molecule has 0 saturated carbocycles. The van der Waals surface area contributed by atoms with Gasteiger partial charge in [0.2, 0.25) is 11.6 Å². The third-order valence-electron chi connectivity index (χ3n) is 1.93. The van der Waals surface area contributed by atoms with E-state index in [1.165, 1.54) is 6.08 Å². The van der Waals surface area contributed by atoms with E-state index in [1.54, 1.807) is 13.0 Å². The van der Waals surface area contributed by atoms with Crippen molar-refractivity contribution in [2.75, 3.05) is 0 Å². The van der Waals surface area contributed by atoms with Crippen LogP contribution in [0.4, 0.5) is 0 Å². The summed E-state index contributed by atoms with van der Waals surface area (Å²) in [6.07, 6.45) is 3.22. The molecule has 0 spiro atoms. The van der Waals surface area contributed by atoms with Crippen molar-refractivity contribution in [2.24, 2.45) is 5.92 Å². The van der Waals surface area contributed by atoms with Crippen LogP contribution in [0.3, 0.4) is 0 Å². The molecule has 2 nitrogen and oxygen atoms in total. The zero-order chi connectivity index (χ0) is 9.30. The van der Waals surface area contributed by atoms with Gasteiger partial charge in [0.1, 0.15) is 0 Å². The van der Waals surface area contributed by atoms with Crippen molar-refractivity contribution in [3.8, 4) is 0 Å². The summed E-state index contributed by atoms with van der Waals surface area (Å²) < 4.78 is 0. The zero-order valence-electron chi connectivity index (χ0n) is 7.55. The molecule has 1 aliphatic rings. The molecule has 0 aliphatic heterocycles. The Morgan fingerprint density at radius 1 is 1.17 bits per heavy atom. The molecule has 1 rings (SSSR count). The van der Waals surface area contributed by atoms with Gasteiger partial charge in [-0.25, -0.2) is 0 Å². The molecule has 0 heterocycles. The van der Waals surface area contributed by atoms with Crippen LogP contribution in [0, 0.1) is 5.92 Å². The van der Waals surface area contributed by atoms with E-state index in [0.717, 1.165) is 5.57 Å². The third-order valence-corrected chi connectivity index (χ3v) is 1.93. The van der Waals surface area contributed by atoms with Crippen LogP contribution in [0.1, 0.15) is 20.8 Å². The molecule has 0 bridgehead atoms. The summed E-state index contributed by atoms with van der Waals surface area (Å²) in [6, 6.07) is 0. The Kier molecular flexibility index (Phi) is 2.27. The van der Waals surface area contributed by atoms with Gasteiger partial charge in [0.25, 0.3) is 0 Å². The predicted octanol–water partition coefficient (Wildman–Crippen LogP) is 1.67. The minimum absolute atomic E-state index is 0.303. The number of allylic oxidation sites excluding steroid dienone is 4. The number of hydrogen-bond donors (Lipinski definition) is 0. The summed E-state index contributed by atoms with van der Waals surface area (Å²) in [5.74, 6) is -0.463. The molecule has 0 amide bonds. The maximum absolute atomic E-state index is 11.1. The molecule has 0 N–H and O–H groups in total. The predicted molar refractivity (Wildman–Crippen MR) is 46.7 cm³/mol. The first-order chi connectivity index (χ1) is 5.52. The van der Waals surface area contributed by atoms with Crippen LogP contribution in [-0.4, -0.2) is 11.6 Å². The van der Waals surface area contributed by atoms with Crippen LogP contribution >= 0.6 is 0 Å². The number of rotatable bonds is 1. The fraction of sp³-hybridized carbons (Fsp3) is 0.400. The average Bonchev–Trinajstić information content (AvgIpc) is 1.99. The number of carbonyl (C=O) groups is 2. The molecule has 0 unspecified atom stereocenters. The molecule has 12 heavy (non-hydrogen) atoms. The second-order valence-electron chi connectivity index (χ2n) is 3.32. The number of ketones is 2. The van der Waals surface area contributed by atoms with Gasteiger partial charge in [-0.1, -0.05) is 19.9 Å². The van der Waals surface area contributed by atoms with E-state index in [2.05, 4.69) is 0 Å². The molecular weight excluding hydrogens is 152 g/mol. The minimum Gasteiger partial charge on any atom is -0.286 e. The van der Waals surface area contributed by atoms with Gasteiger partial charge in [0, 0.05) is 5.57 Å². The van der Waals surface area contributed by atoms with Gasteiger partial charge in [-0.2, -0.15) is 0 Å². The van der Waals surface area contributed by atoms with E-state index in [9.17, 15) is 9.59 Å². The second-order valence-corrected chi connectivity index (χ2v) is 3.32. The largest absolute Gasteiger partial charge is 0.286 e. The van der Waals surface area contributed by atoms with E-state index in [-0.39, 0.29) is 5.78 Å². The normalized spacial score (nSPS) is 18.0. The van der Waals surface area contributed by atoms with Crippen LogP contribution in [0.25, 0.3) is 0 Å². The maximum Gasteiger partial charge on any atom is 0.228 e. The lowest BCUT2D eigenvalue weighted by Crippen LogP contribution is -2.17. The first kappa shape index (κ1) is 8.91. The van der Waals surface area contributed by atoms with Crippen molar-refractivity contribution < 1.29 is 9.59 Å². The molecule has 0 saturated heterocycles. The van der Waals surface area contributed by atoms with Crippen LogP contribution in [0.15, 0.2) is 23.3 Å². The van der Waals surface area contributed by atoms with Crippen molar-refractivity contribution in [2.45, 2.75) is 20.8 Å². The maximum atomic E-state index is 11.1.